The number of carbonyl (C=O) groups is 1. The number of esters is 1. The van der Waals surface area contributed by atoms with Gasteiger partial charge in [-0.3, -0.25) is 4.79 Å². The minimum absolute atomic E-state index is 0.145. The second-order valence-corrected chi connectivity index (χ2v) is 11.5. The van der Waals surface area contributed by atoms with Crippen LogP contribution in [-0.4, -0.2) is 20.9 Å². The number of ether oxygens (including phenoxy) is 1. The van der Waals surface area contributed by atoms with Crippen LogP contribution >= 0.6 is 0 Å². The first-order valence-electron chi connectivity index (χ1n) is 7.59. The molecule has 0 aromatic heterocycles. The molecule has 0 aliphatic carbocycles. The summed E-state index contributed by atoms with van der Waals surface area (Å²) in [7, 11) is -1.82. The van der Waals surface area contributed by atoms with E-state index in [2.05, 4.69) is 33.9 Å². The van der Waals surface area contributed by atoms with Crippen LogP contribution in [0.1, 0.15) is 39.7 Å². The lowest BCUT2D eigenvalue weighted by atomic mass is 10.1. The van der Waals surface area contributed by atoms with Gasteiger partial charge >= 0.3 is 5.97 Å². The molecular formula is C17H28O3Si. The Morgan fingerprint density at radius 3 is 2.48 bits per heavy atom. The predicted molar refractivity (Wildman–Crippen MR) is 89.2 cm³/mol. The highest BCUT2D eigenvalue weighted by molar-refractivity contribution is 6.74. The summed E-state index contributed by atoms with van der Waals surface area (Å²) in [6.07, 6.45) is 1.10. The second-order valence-electron chi connectivity index (χ2n) is 6.81. The lowest BCUT2D eigenvalue weighted by molar-refractivity contribution is -0.143. The fourth-order valence-electron chi connectivity index (χ4n) is 1.69. The molecule has 0 bridgehead atoms. The maximum Gasteiger partial charge on any atom is 0.306 e. The van der Waals surface area contributed by atoms with Crippen molar-refractivity contribution in [3.8, 4) is 5.75 Å². The van der Waals surface area contributed by atoms with Crippen molar-refractivity contribution in [2.45, 2.75) is 58.7 Å². The molecule has 0 heterocycles. The van der Waals surface area contributed by atoms with Crippen LogP contribution in [0.15, 0.2) is 24.3 Å². The maximum atomic E-state index is 11.4. The summed E-state index contributed by atoms with van der Waals surface area (Å²) < 4.78 is 11.2. The van der Waals surface area contributed by atoms with E-state index in [4.69, 9.17) is 9.16 Å². The smallest absolute Gasteiger partial charge is 0.306 e. The van der Waals surface area contributed by atoms with Gasteiger partial charge in [0.05, 0.1) is 6.61 Å². The Morgan fingerprint density at radius 2 is 1.90 bits per heavy atom. The lowest BCUT2D eigenvalue weighted by Crippen LogP contribution is -2.43. The Labute approximate surface area is 129 Å². The van der Waals surface area contributed by atoms with Crippen LogP contribution in [0.5, 0.6) is 5.75 Å². The van der Waals surface area contributed by atoms with E-state index in [-0.39, 0.29) is 11.0 Å². The zero-order valence-electron chi connectivity index (χ0n) is 14.2. The van der Waals surface area contributed by atoms with Crippen LogP contribution in [0, 0.1) is 0 Å². The van der Waals surface area contributed by atoms with Gasteiger partial charge in [-0.1, -0.05) is 32.9 Å². The lowest BCUT2D eigenvalue weighted by Gasteiger charge is -2.36. The van der Waals surface area contributed by atoms with E-state index < -0.39 is 8.32 Å². The van der Waals surface area contributed by atoms with Crippen molar-refractivity contribution >= 4 is 14.3 Å². The van der Waals surface area contributed by atoms with Crippen molar-refractivity contribution in [2.75, 3.05) is 6.61 Å². The Balaban J connectivity index is 2.71. The van der Waals surface area contributed by atoms with Crippen molar-refractivity contribution < 1.29 is 14.0 Å². The number of carbonyl (C=O) groups excluding carboxylic acids is 1. The minimum atomic E-state index is -1.82. The van der Waals surface area contributed by atoms with E-state index in [1.165, 1.54) is 0 Å². The van der Waals surface area contributed by atoms with Gasteiger partial charge in [-0.15, -0.1) is 0 Å². The molecule has 0 fully saturated rings. The fraction of sp³-hybridized carbons (Fsp3) is 0.588. The van der Waals surface area contributed by atoms with Gasteiger partial charge in [0.2, 0.25) is 8.32 Å². The van der Waals surface area contributed by atoms with Crippen molar-refractivity contribution in [3.63, 3.8) is 0 Å². The summed E-state index contributed by atoms with van der Waals surface area (Å²) in [6, 6.07) is 8.05. The zero-order valence-corrected chi connectivity index (χ0v) is 15.2. The molecule has 1 aromatic rings. The summed E-state index contributed by atoms with van der Waals surface area (Å²) in [6.45, 7) is 13.4. The first kappa shape index (κ1) is 17.8. The molecule has 1 aromatic carbocycles. The van der Waals surface area contributed by atoms with E-state index in [1.54, 1.807) is 0 Å². The predicted octanol–water partition coefficient (Wildman–Crippen LogP) is 4.57. The summed E-state index contributed by atoms with van der Waals surface area (Å²) in [5.74, 6) is 0.760. The van der Waals surface area contributed by atoms with E-state index in [0.717, 1.165) is 11.3 Å². The number of aryl methyl sites for hydroxylation is 1. The van der Waals surface area contributed by atoms with Gasteiger partial charge in [0.25, 0.3) is 0 Å². The normalized spacial score (nSPS) is 12.1. The molecule has 118 valence electrons. The van der Waals surface area contributed by atoms with Crippen molar-refractivity contribution in [2.24, 2.45) is 0 Å². The van der Waals surface area contributed by atoms with E-state index in [9.17, 15) is 4.79 Å². The molecule has 1 rings (SSSR count). The third-order valence-electron chi connectivity index (χ3n) is 4.00. The highest BCUT2D eigenvalue weighted by Gasteiger charge is 2.38. The first-order valence-corrected chi connectivity index (χ1v) is 10.5. The van der Waals surface area contributed by atoms with Gasteiger partial charge in [0.15, 0.2) is 0 Å². The molecule has 0 aliphatic heterocycles. The molecule has 21 heavy (non-hydrogen) atoms. The van der Waals surface area contributed by atoms with Gasteiger partial charge in [-0.25, -0.2) is 0 Å². The van der Waals surface area contributed by atoms with Crippen LogP contribution in [0.25, 0.3) is 0 Å². The van der Waals surface area contributed by atoms with Crippen molar-refractivity contribution in [1.29, 1.82) is 0 Å². The van der Waals surface area contributed by atoms with Gasteiger partial charge in [0.1, 0.15) is 5.75 Å². The quantitative estimate of drug-likeness (QED) is 0.570. The third-order valence-corrected chi connectivity index (χ3v) is 8.36. The van der Waals surface area contributed by atoms with Gasteiger partial charge in [-0.05, 0) is 49.2 Å². The van der Waals surface area contributed by atoms with Crippen LogP contribution < -0.4 is 4.43 Å². The number of rotatable bonds is 6. The third kappa shape index (κ3) is 5.54. The fourth-order valence-corrected chi connectivity index (χ4v) is 2.71. The summed E-state index contributed by atoms with van der Waals surface area (Å²) >= 11 is 0. The van der Waals surface area contributed by atoms with Crippen molar-refractivity contribution in [3.05, 3.63) is 29.8 Å². The van der Waals surface area contributed by atoms with E-state index >= 15 is 0 Å². The first-order chi connectivity index (χ1) is 9.65. The maximum absolute atomic E-state index is 11.4. The molecule has 0 unspecified atom stereocenters. The standard InChI is InChI=1S/C17H28O3Si/c1-7-19-16(18)12-11-14-9-8-10-15(13-14)20-21(5,6)17(2,3)4/h8-10,13H,7,11-12H2,1-6H3. The van der Waals surface area contributed by atoms with Crippen LogP contribution in [0.2, 0.25) is 18.1 Å². The van der Waals surface area contributed by atoms with Crippen LogP contribution in [0.4, 0.5) is 0 Å². The van der Waals surface area contributed by atoms with E-state index in [1.807, 2.05) is 31.2 Å². The minimum Gasteiger partial charge on any atom is -0.543 e. The molecule has 3 nitrogen and oxygen atoms in total. The molecule has 0 N–H and O–H groups in total. The number of hydrogen-bond donors (Lipinski definition) is 0. The average molecular weight is 308 g/mol. The molecule has 4 heteroatoms. The summed E-state index contributed by atoms with van der Waals surface area (Å²) in [4.78, 5) is 11.4. The van der Waals surface area contributed by atoms with Crippen molar-refractivity contribution in [1.82, 2.24) is 0 Å². The molecule has 0 radical (unpaired) electrons. The summed E-state index contributed by atoms with van der Waals surface area (Å²) in [5.41, 5.74) is 1.11. The second kappa shape index (κ2) is 7.12. The monoisotopic (exact) mass is 308 g/mol. The number of hydrogen-bond acceptors (Lipinski definition) is 3. The highest BCUT2D eigenvalue weighted by atomic mass is 28.4. The molecule has 0 spiro atoms. The van der Waals surface area contributed by atoms with Gasteiger partial charge < -0.3 is 9.16 Å². The Hall–Kier alpha value is -1.29. The van der Waals surface area contributed by atoms with Gasteiger partial charge in [0, 0.05) is 6.42 Å². The Morgan fingerprint density at radius 1 is 1.24 bits per heavy atom. The Kier molecular flexibility index (Phi) is 6.02. The topological polar surface area (TPSA) is 35.5 Å². The molecular weight excluding hydrogens is 280 g/mol. The molecule has 0 amide bonds. The van der Waals surface area contributed by atoms with Crippen LogP contribution in [-0.2, 0) is 16.0 Å². The molecule has 0 saturated carbocycles. The molecule has 0 atom stereocenters. The van der Waals surface area contributed by atoms with E-state index in [0.29, 0.717) is 19.4 Å². The summed E-state index contributed by atoms with van der Waals surface area (Å²) in [5, 5.41) is 0.175. The molecule has 0 aliphatic rings. The van der Waals surface area contributed by atoms with Crippen LogP contribution in [0.3, 0.4) is 0 Å². The molecule has 0 saturated heterocycles. The van der Waals surface area contributed by atoms with Gasteiger partial charge in [-0.2, -0.15) is 0 Å². The number of benzene rings is 1. The SMILES string of the molecule is CCOC(=O)CCc1cccc(O[Si](C)(C)C(C)(C)C)c1. The Bertz CT molecular complexity index is 475. The highest BCUT2D eigenvalue weighted by Crippen LogP contribution is 2.37. The zero-order chi connectivity index (χ0) is 16.1. The largest absolute Gasteiger partial charge is 0.543 e. The average Bonchev–Trinajstić information content (AvgIpc) is 2.35.